The molecule has 1 amide bonds. The molecule has 0 aliphatic rings. The zero-order valence-corrected chi connectivity index (χ0v) is 14.5. The van der Waals surface area contributed by atoms with Crippen molar-refractivity contribution >= 4 is 23.2 Å². The lowest BCUT2D eigenvalue weighted by Crippen LogP contribution is -2.12. The number of hydrogen-bond acceptors (Lipinski definition) is 3. The fourth-order valence-corrected chi connectivity index (χ4v) is 2.45. The summed E-state index contributed by atoms with van der Waals surface area (Å²) in [6.07, 6.45) is 2.40. The van der Waals surface area contributed by atoms with Gasteiger partial charge in [-0.1, -0.05) is 23.7 Å². The van der Waals surface area contributed by atoms with E-state index in [-0.39, 0.29) is 11.7 Å². The van der Waals surface area contributed by atoms with Gasteiger partial charge in [0, 0.05) is 6.42 Å². The number of nitrogens with zero attached hydrogens (tertiary/aromatic N) is 1. The summed E-state index contributed by atoms with van der Waals surface area (Å²) in [6, 6.07) is 16.6. The fraction of sp³-hybridized carbons (Fsp3) is 0.100. The van der Waals surface area contributed by atoms with Gasteiger partial charge in [-0.15, -0.1) is 0 Å². The number of carbonyl (C=O) groups excluding carboxylic acids is 1. The van der Waals surface area contributed by atoms with E-state index in [2.05, 4.69) is 10.3 Å². The average molecular weight is 371 g/mol. The third-order valence-electron chi connectivity index (χ3n) is 3.60. The van der Waals surface area contributed by atoms with E-state index in [0.717, 1.165) is 5.56 Å². The summed E-state index contributed by atoms with van der Waals surface area (Å²) in [5, 5.41) is 3.15. The first-order valence-corrected chi connectivity index (χ1v) is 8.40. The molecule has 0 fully saturated rings. The van der Waals surface area contributed by atoms with Crippen LogP contribution in [-0.4, -0.2) is 10.9 Å². The Morgan fingerprint density at radius 1 is 1.08 bits per heavy atom. The Morgan fingerprint density at radius 3 is 2.62 bits per heavy atom. The molecule has 0 atom stereocenters. The molecule has 26 heavy (non-hydrogen) atoms. The zero-order chi connectivity index (χ0) is 18.4. The highest BCUT2D eigenvalue weighted by Crippen LogP contribution is 2.23. The highest BCUT2D eigenvalue weighted by atomic mass is 35.5. The molecule has 6 heteroatoms. The minimum atomic E-state index is -0.312. The molecule has 4 nitrogen and oxygen atoms in total. The maximum Gasteiger partial charge on any atom is 0.224 e. The van der Waals surface area contributed by atoms with Gasteiger partial charge in [0.25, 0.3) is 0 Å². The van der Waals surface area contributed by atoms with Gasteiger partial charge in [0.05, 0.1) is 11.9 Å². The third kappa shape index (κ3) is 5.29. The van der Waals surface area contributed by atoms with Gasteiger partial charge in [-0.25, -0.2) is 9.37 Å². The van der Waals surface area contributed by atoms with E-state index in [0.29, 0.717) is 35.2 Å². The Balaban J connectivity index is 1.55. The van der Waals surface area contributed by atoms with Crippen molar-refractivity contribution in [1.82, 2.24) is 4.98 Å². The van der Waals surface area contributed by atoms with Gasteiger partial charge < -0.3 is 10.1 Å². The van der Waals surface area contributed by atoms with Crippen LogP contribution < -0.4 is 10.1 Å². The number of aryl methyl sites for hydroxylation is 1. The summed E-state index contributed by atoms with van der Waals surface area (Å²) in [5.74, 6) is 0.764. The van der Waals surface area contributed by atoms with E-state index in [1.54, 1.807) is 24.3 Å². The molecule has 0 saturated carbocycles. The van der Waals surface area contributed by atoms with Crippen molar-refractivity contribution in [1.29, 1.82) is 0 Å². The summed E-state index contributed by atoms with van der Waals surface area (Å²) < 4.78 is 18.6. The Labute approximate surface area is 155 Å². The quantitative estimate of drug-likeness (QED) is 0.604. The van der Waals surface area contributed by atoms with Crippen molar-refractivity contribution in [2.24, 2.45) is 0 Å². The molecule has 0 bridgehead atoms. The molecule has 0 aliphatic heterocycles. The maximum absolute atomic E-state index is 12.9. The van der Waals surface area contributed by atoms with Gasteiger partial charge in [0.1, 0.15) is 22.5 Å². The van der Waals surface area contributed by atoms with E-state index >= 15 is 0 Å². The summed E-state index contributed by atoms with van der Waals surface area (Å²) in [6.45, 7) is 0. The minimum Gasteiger partial charge on any atom is -0.457 e. The topological polar surface area (TPSA) is 51.2 Å². The zero-order valence-electron chi connectivity index (χ0n) is 13.8. The van der Waals surface area contributed by atoms with Crippen molar-refractivity contribution in [2.75, 3.05) is 5.32 Å². The number of anilines is 1. The van der Waals surface area contributed by atoms with Crippen LogP contribution in [-0.2, 0) is 11.2 Å². The Bertz CT molecular complexity index is 883. The number of amides is 1. The number of carbonyl (C=O) groups is 1. The Kier molecular flexibility index (Phi) is 5.81. The van der Waals surface area contributed by atoms with E-state index in [1.165, 1.54) is 18.3 Å². The second-order valence-electron chi connectivity index (χ2n) is 5.62. The van der Waals surface area contributed by atoms with Crippen LogP contribution in [0.1, 0.15) is 12.0 Å². The highest BCUT2D eigenvalue weighted by Gasteiger charge is 2.05. The van der Waals surface area contributed by atoms with Crippen molar-refractivity contribution < 1.29 is 13.9 Å². The van der Waals surface area contributed by atoms with Crippen molar-refractivity contribution in [3.05, 3.63) is 83.4 Å². The fourth-order valence-electron chi connectivity index (χ4n) is 2.33. The van der Waals surface area contributed by atoms with Crippen LogP contribution in [0.5, 0.6) is 11.5 Å². The van der Waals surface area contributed by atoms with Crippen molar-refractivity contribution in [3.63, 3.8) is 0 Å². The summed E-state index contributed by atoms with van der Waals surface area (Å²) >= 11 is 5.72. The molecule has 0 aliphatic carbocycles. The van der Waals surface area contributed by atoms with E-state index in [1.807, 2.05) is 24.3 Å². The Hall–Kier alpha value is -2.92. The third-order valence-corrected chi connectivity index (χ3v) is 3.82. The molecule has 0 saturated heterocycles. The molecular formula is C20H16ClFN2O2. The maximum atomic E-state index is 12.9. The van der Waals surface area contributed by atoms with Crippen LogP contribution in [0.15, 0.2) is 66.9 Å². The minimum absolute atomic E-state index is 0.112. The van der Waals surface area contributed by atoms with Crippen LogP contribution in [0.4, 0.5) is 10.1 Å². The van der Waals surface area contributed by atoms with Crippen LogP contribution >= 0.6 is 11.6 Å². The number of pyridine rings is 1. The molecule has 0 spiro atoms. The molecule has 1 N–H and O–H groups in total. The number of halogens is 2. The van der Waals surface area contributed by atoms with Crippen LogP contribution in [0.3, 0.4) is 0 Å². The Morgan fingerprint density at radius 2 is 1.88 bits per heavy atom. The predicted octanol–water partition coefficient (Wildman–Crippen LogP) is 5.24. The molecule has 3 rings (SSSR count). The normalized spacial score (nSPS) is 10.4. The number of aromatic nitrogens is 1. The van der Waals surface area contributed by atoms with Gasteiger partial charge in [0.15, 0.2) is 0 Å². The molecule has 2 aromatic carbocycles. The van der Waals surface area contributed by atoms with E-state index < -0.39 is 0 Å². The SMILES string of the molecule is O=C(CCc1cccc(Oc2ccc(F)cc2)c1)Nc1ccc(Cl)nc1. The standard InChI is InChI=1S/C20H16ClFN2O2/c21-19-10-7-16(13-23-19)24-20(25)11-4-14-2-1-3-18(12-14)26-17-8-5-15(22)6-9-17/h1-3,5-10,12-13H,4,11H2,(H,24,25). The molecule has 0 unspecified atom stereocenters. The number of hydrogen-bond donors (Lipinski definition) is 1. The van der Waals surface area contributed by atoms with E-state index in [4.69, 9.17) is 16.3 Å². The molecule has 3 aromatic rings. The molecule has 1 heterocycles. The first-order valence-electron chi connectivity index (χ1n) is 8.02. The van der Waals surface area contributed by atoms with Gasteiger partial charge in [-0.3, -0.25) is 4.79 Å². The number of rotatable bonds is 6. The number of nitrogens with one attached hydrogen (secondary N) is 1. The van der Waals surface area contributed by atoms with Crippen molar-refractivity contribution in [2.45, 2.75) is 12.8 Å². The van der Waals surface area contributed by atoms with Crippen molar-refractivity contribution in [3.8, 4) is 11.5 Å². The molecule has 0 radical (unpaired) electrons. The lowest BCUT2D eigenvalue weighted by Gasteiger charge is -2.08. The summed E-state index contributed by atoms with van der Waals surface area (Å²) in [7, 11) is 0. The summed E-state index contributed by atoms with van der Waals surface area (Å²) in [5.41, 5.74) is 1.57. The monoisotopic (exact) mass is 370 g/mol. The molecule has 132 valence electrons. The molecule has 1 aromatic heterocycles. The highest BCUT2D eigenvalue weighted by molar-refractivity contribution is 6.29. The van der Waals surface area contributed by atoms with Gasteiger partial charge in [0.2, 0.25) is 5.91 Å². The smallest absolute Gasteiger partial charge is 0.224 e. The average Bonchev–Trinajstić information content (AvgIpc) is 2.64. The van der Waals surface area contributed by atoms with Crippen LogP contribution in [0, 0.1) is 5.82 Å². The van der Waals surface area contributed by atoms with Crippen LogP contribution in [0.25, 0.3) is 0 Å². The second-order valence-corrected chi connectivity index (χ2v) is 6.01. The van der Waals surface area contributed by atoms with E-state index in [9.17, 15) is 9.18 Å². The lowest BCUT2D eigenvalue weighted by molar-refractivity contribution is -0.116. The van der Waals surface area contributed by atoms with Gasteiger partial charge in [-0.05, 0) is 60.5 Å². The largest absolute Gasteiger partial charge is 0.457 e. The van der Waals surface area contributed by atoms with Gasteiger partial charge in [-0.2, -0.15) is 0 Å². The second kappa shape index (κ2) is 8.45. The number of benzene rings is 2. The first kappa shape index (κ1) is 17.9. The lowest BCUT2D eigenvalue weighted by atomic mass is 10.1. The number of ether oxygens (including phenoxy) is 1. The van der Waals surface area contributed by atoms with Gasteiger partial charge >= 0.3 is 0 Å². The first-order chi connectivity index (χ1) is 12.6. The molecular weight excluding hydrogens is 355 g/mol. The van der Waals surface area contributed by atoms with Crippen LogP contribution in [0.2, 0.25) is 5.15 Å². The predicted molar refractivity (Wildman–Crippen MR) is 99.1 cm³/mol. The summed E-state index contributed by atoms with van der Waals surface area (Å²) in [4.78, 5) is 16.0.